The van der Waals surface area contributed by atoms with Gasteiger partial charge in [-0.05, 0) is 0 Å². The zero-order chi connectivity index (χ0) is 15.0. The van der Waals surface area contributed by atoms with E-state index >= 15 is 0 Å². The number of ether oxygens (including phenoxy) is 3. The molecule has 1 N–H and O–H groups in total. The second-order valence-electron chi connectivity index (χ2n) is 3.61. The van der Waals surface area contributed by atoms with Crippen molar-refractivity contribution in [2.24, 2.45) is 0 Å². The number of carbonyl (C=O) groups is 4. The van der Waals surface area contributed by atoms with Gasteiger partial charge in [0.05, 0.1) is 6.61 Å². The van der Waals surface area contributed by atoms with E-state index in [1.807, 2.05) is 0 Å². The van der Waals surface area contributed by atoms with E-state index in [4.69, 9.17) is 14.6 Å². The maximum absolute atomic E-state index is 11.0. The predicted octanol–water partition coefficient (Wildman–Crippen LogP) is -1.03. The van der Waals surface area contributed by atoms with Gasteiger partial charge in [-0.2, -0.15) is 0 Å². The highest BCUT2D eigenvalue weighted by Crippen LogP contribution is 2.12. The van der Waals surface area contributed by atoms with Gasteiger partial charge in [-0.25, -0.2) is 0 Å². The Morgan fingerprint density at radius 2 is 1.47 bits per heavy atom. The zero-order valence-electron chi connectivity index (χ0n) is 10.8. The molecule has 0 aliphatic rings. The predicted molar refractivity (Wildman–Crippen MR) is 59.8 cm³/mol. The van der Waals surface area contributed by atoms with Crippen molar-refractivity contribution in [1.82, 2.24) is 0 Å². The SMILES string of the molecule is CC(=O)O[C@H]([C@H](C=O)OC(C)=O)[C@@H](CO)OC(C)=O. The molecule has 0 saturated carbocycles. The van der Waals surface area contributed by atoms with Gasteiger partial charge in [0.1, 0.15) is 0 Å². The van der Waals surface area contributed by atoms with Crippen LogP contribution in [0.25, 0.3) is 0 Å². The first kappa shape index (κ1) is 17.0. The fourth-order valence-electron chi connectivity index (χ4n) is 1.33. The van der Waals surface area contributed by atoms with Crippen molar-refractivity contribution >= 4 is 24.2 Å². The lowest BCUT2D eigenvalue weighted by molar-refractivity contribution is -0.185. The first-order valence-corrected chi connectivity index (χ1v) is 5.39. The van der Waals surface area contributed by atoms with E-state index in [-0.39, 0.29) is 6.29 Å². The molecule has 0 radical (unpaired) electrons. The summed E-state index contributed by atoms with van der Waals surface area (Å²) in [6.45, 7) is 2.49. The number of aldehydes is 1. The molecule has 3 atom stereocenters. The van der Waals surface area contributed by atoms with E-state index in [1.165, 1.54) is 0 Å². The van der Waals surface area contributed by atoms with Crippen molar-refractivity contribution in [3.63, 3.8) is 0 Å². The van der Waals surface area contributed by atoms with Crippen LogP contribution in [0.15, 0.2) is 0 Å². The van der Waals surface area contributed by atoms with Crippen molar-refractivity contribution in [2.75, 3.05) is 6.61 Å². The highest BCUT2D eigenvalue weighted by Gasteiger charge is 2.36. The molecule has 0 bridgehead atoms. The Balaban J connectivity index is 5.11. The van der Waals surface area contributed by atoms with Crippen LogP contribution in [0.4, 0.5) is 0 Å². The molecule has 0 saturated heterocycles. The van der Waals surface area contributed by atoms with Gasteiger partial charge in [0.25, 0.3) is 0 Å². The van der Waals surface area contributed by atoms with Gasteiger partial charge in [-0.3, -0.25) is 19.2 Å². The van der Waals surface area contributed by atoms with Gasteiger partial charge in [0.15, 0.2) is 24.6 Å². The van der Waals surface area contributed by atoms with E-state index in [1.54, 1.807) is 0 Å². The molecule has 19 heavy (non-hydrogen) atoms. The van der Waals surface area contributed by atoms with Crippen LogP contribution in [0.1, 0.15) is 20.8 Å². The first-order valence-electron chi connectivity index (χ1n) is 5.39. The summed E-state index contributed by atoms with van der Waals surface area (Å²) in [4.78, 5) is 43.6. The van der Waals surface area contributed by atoms with Crippen LogP contribution in [0.5, 0.6) is 0 Å². The van der Waals surface area contributed by atoms with Crippen LogP contribution < -0.4 is 0 Å². The molecule has 0 aromatic carbocycles. The van der Waals surface area contributed by atoms with E-state index in [0.29, 0.717) is 0 Å². The van der Waals surface area contributed by atoms with Crippen LogP contribution >= 0.6 is 0 Å². The molecule has 0 spiro atoms. The summed E-state index contributed by atoms with van der Waals surface area (Å²) in [7, 11) is 0. The van der Waals surface area contributed by atoms with Crippen LogP contribution in [0.3, 0.4) is 0 Å². The van der Waals surface area contributed by atoms with Gasteiger partial charge >= 0.3 is 17.9 Å². The van der Waals surface area contributed by atoms with E-state index in [0.717, 1.165) is 20.8 Å². The van der Waals surface area contributed by atoms with Crippen molar-refractivity contribution in [2.45, 2.75) is 39.1 Å². The van der Waals surface area contributed by atoms with Gasteiger partial charge in [0.2, 0.25) is 0 Å². The third-order valence-corrected chi connectivity index (χ3v) is 1.93. The van der Waals surface area contributed by atoms with Crippen LogP contribution in [-0.4, -0.2) is 54.2 Å². The first-order chi connectivity index (χ1) is 8.81. The van der Waals surface area contributed by atoms with Gasteiger partial charge in [0, 0.05) is 20.8 Å². The Morgan fingerprint density at radius 1 is 1.00 bits per heavy atom. The second kappa shape index (κ2) is 8.20. The summed E-state index contributed by atoms with van der Waals surface area (Å²) >= 11 is 0. The fraction of sp³-hybridized carbons (Fsp3) is 0.636. The zero-order valence-corrected chi connectivity index (χ0v) is 10.8. The molecule has 0 heterocycles. The van der Waals surface area contributed by atoms with Crippen molar-refractivity contribution in [1.29, 1.82) is 0 Å². The Kier molecular flexibility index (Phi) is 7.35. The highest BCUT2D eigenvalue weighted by atomic mass is 16.6. The number of rotatable bonds is 7. The quantitative estimate of drug-likeness (QED) is 0.356. The lowest BCUT2D eigenvalue weighted by Gasteiger charge is -2.28. The summed E-state index contributed by atoms with van der Waals surface area (Å²) in [5, 5.41) is 9.11. The maximum atomic E-state index is 11.0. The number of esters is 3. The summed E-state index contributed by atoms with van der Waals surface area (Å²) < 4.78 is 14.1. The van der Waals surface area contributed by atoms with Crippen LogP contribution in [-0.2, 0) is 33.4 Å². The Hall–Kier alpha value is -1.96. The Bertz CT molecular complexity index is 351. The fourth-order valence-corrected chi connectivity index (χ4v) is 1.33. The second-order valence-corrected chi connectivity index (χ2v) is 3.61. The average molecular weight is 276 g/mol. The minimum absolute atomic E-state index is 0.223. The largest absolute Gasteiger partial charge is 0.456 e. The summed E-state index contributed by atoms with van der Waals surface area (Å²) in [6.07, 6.45) is -3.97. The van der Waals surface area contributed by atoms with Gasteiger partial charge in [-0.15, -0.1) is 0 Å². The molecule has 0 unspecified atom stereocenters. The lowest BCUT2D eigenvalue weighted by Crippen LogP contribution is -2.47. The van der Waals surface area contributed by atoms with Crippen molar-refractivity contribution in [3.05, 3.63) is 0 Å². The number of carbonyl (C=O) groups excluding carboxylic acids is 4. The molecule has 0 aromatic heterocycles. The van der Waals surface area contributed by atoms with Crippen molar-refractivity contribution in [3.8, 4) is 0 Å². The van der Waals surface area contributed by atoms with Crippen molar-refractivity contribution < 1.29 is 38.5 Å². The molecule has 8 nitrogen and oxygen atoms in total. The summed E-state index contributed by atoms with van der Waals surface area (Å²) in [6, 6.07) is 0. The topological polar surface area (TPSA) is 116 Å². The van der Waals surface area contributed by atoms with E-state index in [2.05, 4.69) is 4.74 Å². The molecule has 0 rings (SSSR count). The molecule has 0 aromatic rings. The third-order valence-electron chi connectivity index (χ3n) is 1.93. The molecular weight excluding hydrogens is 260 g/mol. The Morgan fingerprint density at radius 3 is 1.79 bits per heavy atom. The summed E-state index contributed by atoms with van der Waals surface area (Å²) in [5.74, 6) is -2.31. The lowest BCUT2D eigenvalue weighted by atomic mass is 10.1. The number of aliphatic hydroxyl groups is 1. The normalized spacial score (nSPS) is 14.7. The van der Waals surface area contributed by atoms with Crippen LogP contribution in [0.2, 0.25) is 0 Å². The standard InChI is InChI=1S/C11H16O8/c1-6(14)17-9(4-12)11(19-8(3)16)10(5-13)18-7(2)15/h4,9-11,13H,5H2,1-3H3/t9-,10+,11+/m0/s1. The molecule has 0 aliphatic carbocycles. The molecule has 0 fully saturated rings. The molecule has 8 heteroatoms. The number of hydrogen-bond acceptors (Lipinski definition) is 8. The maximum Gasteiger partial charge on any atom is 0.303 e. The molecule has 108 valence electrons. The average Bonchev–Trinajstić information content (AvgIpc) is 2.29. The summed E-state index contributed by atoms with van der Waals surface area (Å²) in [5.41, 5.74) is 0. The number of aliphatic hydroxyl groups excluding tert-OH is 1. The third kappa shape index (κ3) is 6.51. The van der Waals surface area contributed by atoms with E-state index in [9.17, 15) is 19.2 Å². The molecular formula is C11H16O8. The Labute approximate surface area is 109 Å². The minimum atomic E-state index is -1.47. The molecule has 0 aliphatic heterocycles. The van der Waals surface area contributed by atoms with Gasteiger partial charge in [-0.1, -0.05) is 0 Å². The monoisotopic (exact) mass is 276 g/mol. The van der Waals surface area contributed by atoms with E-state index < -0.39 is 42.8 Å². The van der Waals surface area contributed by atoms with Gasteiger partial charge < -0.3 is 19.3 Å². The molecule has 0 amide bonds. The highest BCUT2D eigenvalue weighted by molar-refractivity contribution is 5.72. The smallest absolute Gasteiger partial charge is 0.303 e. The van der Waals surface area contributed by atoms with Crippen LogP contribution in [0, 0.1) is 0 Å². The number of hydrogen-bond donors (Lipinski definition) is 1. The minimum Gasteiger partial charge on any atom is -0.456 e.